The van der Waals surface area contributed by atoms with Crippen LogP contribution in [0.5, 0.6) is 11.5 Å². The second kappa shape index (κ2) is 7.73. The minimum atomic E-state index is 0.0364. The lowest BCUT2D eigenvalue weighted by Crippen LogP contribution is -2.41. The van der Waals surface area contributed by atoms with Crippen LogP contribution in [0.2, 0.25) is 5.02 Å². The molecule has 0 bridgehead atoms. The normalized spacial score (nSPS) is 21.5. The molecule has 1 aliphatic rings. The molecule has 0 radical (unpaired) electrons. The van der Waals surface area contributed by atoms with Gasteiger partial charge in [0.1, 0.15) is 0 Å². The van der Waals surface area contributed by atoms with Crippen molar-refractivity contribution in [3.05, 3.63) is 28.8 Å². The van der Waals surface area contributed by atoms with Gasteiger partial charge in [-0.05, 0) is 42.0 Å². The number of benzene rings is 1. The van der Waals surface area contributed by atoms with E-state index in [9.17, 15) is 4.79 Å². The number of carbonyl (C=O) groups excluding carboxylic acids is 1. The number of halogens is 1. The highest BCUT2D eigenvalue weighted by Gasteiger charge is 2.24. The lowest BCUT2D eigenvalue weighted by Gasteiger charge is -2.34. The molecule has 0 aliphatic carbocycles. The predicted octanol–water partition coefficient (Wildman–Crippen LogP) is 3.87. The number of amides is 1. The Morgan fingerprint density at radius 1 is 1.22 bits per heavy atom. The number of hydrogen-bond acceptors (Lipinski definition) is 3. The second-order valence-electron chi connectivity index (χ2n) is 6.26. The summed E-state index contributed by atoms with van der Waals surface area (Å²) in [5.74, 6) is 2.18. The first kappa shape index (κ1) is 17.7. The van der Waals surface area contributed by atoms with Crippen molar-refractivity contribution in [2.45, 2.75) is 20.3 Å². The van der Waals surface area contributed by atoms with Crippen molar-refractivity contribution in [2.75, 3.05) is 27.3 Å². The molecule has 0 saturated carbocycles. The van der Waals surface area contributed by atoms with Gasteiger partial charge in [-0.15, -0.1) is 0 Å². The molecule has 1 amide bonds. The van der Waals surface area contributed by atoms with Crippen LogP contribution in [0.3, 0.4) is 0 Å². The van der Waals surface area contributed by atoms with E-state index in [4.69, 9.17) is 21.1 Å². The topological polar surface area (TPSA) is 38.8 Å². The summed E-state index contributed by atoms with van der Waals surface area (Å²) in [5.41, 5.74) is 0.805. The van der Waals surface area contributed by atoms with Crippen LogP contribution in [-0.2, 0) is 4.79 Å². The summed E-state index contributed by atoms with van der Waals surface area (Å²) in [4.78, 5) is 14.3. The van der Waals surface area contributed by atoms with E-state index in [2.05, 4.69) is 13.8 Å². The van der Waals surface area contributed by atoms with E-state index in [0.29, 0.717) is 28.4 Å². The van der Waals surface area contributed by atoms with Gasteiger partial charge in [-0.2, -0.15) is 0 Å². The molecule has 2 rings (SSSR count). The molecule has 2 atom stereocenters. The Hall–Kier alpha value is -1.68. The van der Waals surface area contributed by atoms with Crippen LogP contribution < -0.4 is 9.47 Å². The van der Waals surface area contributed by atoms with E-state index in [1.165, 1.54) is 6.42 Å². The summed E-state index contributed by atoms with van der Waals surface area (Å²) in [7, 11) is 3.10. The largest absolute Gasteiger partial charge is 0.493 e. The fraction of sp³-hybridized carbons (Fsp3) is 0.500. The molecule has 126 valence electrons. The molecule has 1 aromatic rings. The first-order chi connectivity index (χ1) is 10.9. The molecule has 1 heterocycles. The van der Waals surface area contributed by atoms with Gasteiger partial charge in [-0.1, -0.05) is 25.4 Å². The summed E-state index contributed by atoms with van der Waals surface area (Å²) >= 11 is 6.18. The summed E-state index contributed by atoms with van der Waals surface area (Å²) in [5, 5.41) is 0.458. The fourth-order valence-electron chi connectivity index (χ4n) is 3.15. The van der Waals surface area contributed by atoms with Gasteiger partial charge in [0, 0.05) is 19.2 Å². The zero-order valence-electron chi connectivity index (χ0n) is 14.1. The maximum Gasteiger partial charge on any atom is 0.246 e. The van der Waals surface area contributed by atoms with E-state index < -0.39 is 0 Å². The number of likely N-dealkylation sites (tertiary alicyclic amines) is 1. The molecule has 0 spiro atoms. The van der Waals surface area contributed by atoms with Crippen molar-refractivity contribution < 1.29 is 14.3 Å². The third kappa shape index (κ3) is 4.41. The second-order valence-corrected chi connectivity index (χ2v) is 6.67. The maximum atomic E-state index is 12.4. The molecule has 1 aliphatic heterocycles. The SMILES string of the molecule is COc1cc(/C=C/C(=O)N2CC(C)CC(C)C2)cc(Cl)c1OC. The Kier molecular flexibility index (Phi) is 5.94. The number of hydrogen-bond donors (Lipinski definition) is 0. The van der Waals surface area contributed by atoms with E-state index in [0.717, 1.165) is 18.7 Å². The third-order valence-electron chi connectivity index (χ3n) is 4.05. The molecule has 23 heavy (non-hydrogen) atoms. The molecule has 1 fully saturated rings. The summed E-state index contributed by atoms with van der Waals surface area (Å²) < 4.78 is 10.5. The van der Waals surface area contributed by atoms with Gasteiger partial charge < -0.3 is 14.4 Å². The first-order valence-electron chi connectivity index (χ1n) is 7.83. The van der Waals surface area contributed by atoms with Crippen molar-refractivity contribution in [2.24, 2.45) is 11.8 Å². The minimum Gasteiger partial charge on any atom is -0.493 e. The number of piperidine rings is 1. The van der Waals surface area contributed by atoms with Crippen LogP contribution in [0.4, 0.5) is 0 Å². The highest BCUT2D eigenvalue weighted by molar-refractivity contribution is 6.32. The molecule has 2 unspecified atom stereocenters. The van der Waals surface area contributed by atoms with Crippen molar-refractivity contribution in [3.8, 4) is 11.5 Å². The predicted molar refractivity (Wildman–Crippen MR) is 93.1 cm³/mol. The van der Waals surface area contributed by atoms with Gasteiger partial charge in [-0.3, -0.25) is 4.79 Å². The quantitative estimate of drug-likeness (QED) is 0.783. The van der Waals surface area contributed by atoms with Crippen molar-refractivity contribution in [3.63, 3.8) is 0 Å². The highest BCUT2D eigenvalue weighted by atomic mass is 35.5. The van der Waals surface area contributed by atoms with Crippen LogP contribution in [0, 0.1) is 11.8 Å². The Labute approximate surface area is 143 Å². The van der Waals surface area contributed by atoms with E-state index in [-0.39, 0.29) is 5.91 Å². The van der Waals surface area contributed by atoms with Crippen molar-refractivity contribution >= 4 is 23.6 Å². The first-order valence-corrected chi connectivity index (χ1v) is 8.20. The molecule has 4 nitrogen and oxygen atoms in total. The number of carbonyl (C=O) groups is 1. The molecule has 5 heteroatoms. The van der Waals surface area contributed by atoms with Crippen LogP contribution in [0.25, 0.3) is 6.08 Å². The standard InChI is InChI=1S/C18H24ClNO3/c1-12-7-13(2)11-20(10-12)17(21)6-5-14-8-15(19)18(23-4)16(9-14)22-3/h5-6,8-9,12-13H,7,10-11H2,1-4H3/b6-5+. The summed E-state index contributed by atoms with van der Waals surface area (Å²) in [6, 6.07) is 3.56. The fourth-order valence-corrected chi connectivity index (χ4v) is 3.45. The van der Waals surface area contributed by atoms with Gasteiger partial charge in [0.05, 0.1) is 19.2 Å². The Morgan fingerprint density at radius 3 is 2.43 bits per heavy atom. The van der Waals surface area contributed by atoms with Crippen LogP contribution in [0.15, 0.2) is 18.2 Å². The molecule has 1 saturated heterocycles. The lowest BCUT2D eigenvalue weighted by molar-refractivity contribution is -0.128. The van der Waals surface area contributed by atoms with Gasteiger partial charge in [-0.25, -0.2) is 0 Å². The zero-order chi connectivity index (χ0) is 17.0. The van der Waals surface area contributed by atoms with E-state index in [1.54, 1.807) is 38.5 Å². The summed E-state index contributed by atoms with van der Waals surface area (Å²) in [6.07, 6.45) is 4.54. The molecule has 1 aromatic carbocycles. The lowest BCUT2D eigenvalue weighted by atomic mass is 9.92. The van der Waals surface area contributed by atoms with Gasteiger partial charge in [0.25, 0.3) is 0 Å². The number of ether oxygens (including phenoxy) is 2. The van der Waals surface area contributed by atoms with Gasteiger partial charge in [0.15, 0.2) is 11.5 Å². The average molecular weight is 338 g/mol. The Balaban J connectivity index is 2.13. The van der Waals surface area contributed by atoms with Gasteiger partial charge in [0.2, 0.25) is 5.91 Å². The third-order valence-corrected chi connectivity index (χ3v) is 4.34. The van der Waals surface area contributed by atoms with E-state index in [1.807, 2.05) is 4.90 Å². The zero-order valence-corrected chi connectivity index (χ0v) is 14.9. The number of rotatable bonds is 4. The monoisotopic (exact) mass is 337 g/mol. The maximum absolute atomic E-state index is 12.4. The van der Waals surface area contributed by atoms with Crippen molar-refractivity contribution in [1.29, 1.82) is 0 Å². The summed E-state index contributed by atoms with van der Waals surface area (Å²) in [6.45, 7) is 6.02. The van der Waals surface area contributed by atoms with E-state index >= 15 is 0 Å². The van der Waals surface area contributed by atoms with Crippen molar-refractivity contribution in [1.82, 2.24) is 4.90 Å². The van der Waals surface area contributed by atoms with Crippen LogP contribution in [-0.4, -0.2) is 38.1 Å². The average Bonchev–Trinajstić information content (AvgIpc) is 2.50. The smallest absolute Gasteiger partial charge is 0.246 e. The van der Waals surface area contributed by atoms with Gasteiger partial charge >= 0.3 is 0 Å². The molecular weight excluding hydrogens is 314 g/mol. The molecular formula is C18H24ClNO3. The number of nitrogens with zero attached hydrogens (tertiary/aromatic N) is 1. The molecule has 0 aromatic heterocycles. The Morgan fingerprint density at radius 2 is 1.87 bits per heavy atom. The minimum absolute atomic E-state index is 0.0364. The highest BCUT2D eigenvalue weighted by Crippen LogP contribution is 2.36. The van der Waals surface area contributed by atoms with Crippen LogP contribution >= 0.6 is 11.6 Å². The number of methoxy groups -OCH3 is 2. The van der Waals surface area contributed by atoms with Crippen LogP contribution in [0.1, 0.15) is 25.8 Å². The molecule has 0 N–H and O–H groups in total. The Bertz CT molecular complexity index is 590.